The second kappa shape index (κ2) is 7.74. The van der Waals surface area contributed by atoms with Gasteiger partial charge in [-0.15, -0.1) is 0 Å². The van der Waals surface area contributed by atoms with Gasteiger partial charge < -0.3 is 14.0 Å². The third-order valence-corrected chi connectivity index (χ3v) is 6.78. The van der Waals surface area contributed by atoms with Crippen molar-refractivity contribution in [2.45, 2.75) is 64.2 Å². The van der Waals surface area contributed by atoms with Crippen molar-refractivity contribution in [3.8, 4) is 0 Å². The van der Waals surface area contributed by atoms with Crippen molar-refractivity contribution in [2.24, 2.45) is 0 Å². The normalized spacial score (nSPS) is 21.8. The van der Waals surface area contributed by atoms with Crippen LogP contribution in [0.4, 0.5) is 0 Å². The van der Waals surface area contributed by atoms with E-state index in [1.54, 1.807) is 0 Å². The molecule has 2 unspecified atom stereocenters. The maximum absolute atomic E-state index is 6.42. The van der Waals surface area contributed by atoms with Gasteiger partial charge in [-0.1, -0.05) is 31.2 Å². The van der Waals surface area contributed by atoms with Crippen molar-refractivity contribution >= 4 is 30.7 Å². The minimum atomic E-state index is -1.08. The molecule has 138 valence electrons. The van der Waals surface area contributed by atoms with Crippen LogP contribution in [0.5, 0.6) is 0 Å². The van der Waals surface area contributed by atoms with E-state index in [-0.39, 0.29) is 6.10 Å². The summed E-state index contributed by atoms with van der Waals surface area (Å²) in [7, 11) is -1.08. The van der Waals surface area contributed by atoms with Gasteiger partial charge >= 0.3 is 0 Å². The highest BCUT2D eigenvalue weighted by Gasteiger charge is 2.26. The van der Waals surface area contributed by atoms with E-state index in [1.807, 2.05) is 0 Å². The molecule has 25 heavy (non-hydrogen) atoms. The van der Waals surface area contributed by atoms with Gasteiger partial charge in [0.05, 0.1) is 11.5 Å². The van der Waals surface area contributed by atoms with Gasteiger partial charge in [-0.25, -0.2) is 9.97 Å². The van der Waals surface area contributed by atoms with E-state index in [4.69, 9.17) is 21.1 Å². The van der Waals surface area contributed by atoms with Crippen molar-refractivity contribution in [3.05, 3.63) is 23.2 Å². The van der Waals surface area contributed by atoms with Gasteiger partial charge in [-0.05, 0) is 37.3 Å². The predicted molar refractivity (Wildman–Crippen MR) is 104 cm³/mol. The van der Waals surface area contributed by atoms with Crippen LogP contribution in [0.3, 0.4) is 0 Å². The maximum atomic E-state index is 6.42. The summed E-state index contributed by atoms with van der Waals surface area (Å²) in [4.78, 5) is 8.67. The average Bonchev–Trinajstić information content (AvgIpc) is 2.91. The summed E-state index contributed by atoms with van der Waals surface area (Å²) >= 11 is 6.42. The Morgan fingerprint density at radius 1 is 1.36 bits per heavy atom. The van der Waals surface area contributed by atoms with Crippen LogP contribution in [0.2, 0.25) is 30.8 Å². The molecule has 2 atom stereocenters. The number of hydrogen-bond donors (Lipinski definition) is 0. The summed E-state index contributed by atoms with van der Waals surface area (Å²) in [5.41, 5.74) is 2.09. The molecule has 1 fully saturated rings. The van der Waals surface area contributed by atoms with Crippen LogP contribution in [0.15, 0.2) is 12.5 Å². The highest BCUT2D eigenvalue weighted by Crippen LogP contribution is 2.37. The number of rotatable bonds is 6. The Bertz CT molecular complexity index is 729. The van der Waals surface area contributed by atoms with E-state index in [0.717, 1.165) is 43.1 Å². The number of hydrogen-bond acceptors (Lipinski definition) is 4. The van der Waals surface area contributed by atoms with Gasteiger partial charge in [-0.3, -0.25) is 0 Å². The number of aromatic nitrogens is 3. The molecule has 0 saturated carbocycles. The third kappa shape index (κ3) is 4.61. The van der Waals surface area contributed by atoms with Crippen molar-refractivity contribution in [2.75, 3.05) is 13.2 Å². The molecule has 0 N–H and O–H groups in total. The second-order valence-electron chi connectivity index (χ2n) is 8.17. The first-order valence-corrected chi connectivity index (χ1v) is 13.1. The van der Waals surface area contributed by atoms with Crippen LogP contribution in [0, 0.1) is 0 Å². The van der Waals surface area contributed by atoms with Crippen LogP contribution in [-0.2, 0) is 16.2 Å². The minimum absolute atomic E-state index is 0.272. The van der Waals surface area contributed by atoms with E-state index >= 15 is 0 Å². The number of halogens is 1. The number of nitrogens with zero attached hydrogens (tertiary/aromatic N) is 3. The van der Waals surface area contributed by atoms with Crippen molar-refractivity contribution in [3.63, 3.8) is 0 Å². The quantitative estimate of drug-likeness (QED) is 0.414. The molecule has 2 aromatic rings. The lowest BCUT2D eigenvalue weighted by Crippen LogP contribution is -2.22. The Balaban J connectivity index is 1.83. The molecule has 0 radical (unpaired) electrons. The molecule has 3 rings (SSSR count). The fourth-order valence-electron chi connectivity index (χ4n) is 3.34. The zero-order chi connectivity index (χ0) is 18.0. The minimum Gasteiger partial charge on any atom is -0.378 e. The zero-order valence-electron chi connectivity index (χ0n) is 15.6. The molecule has 1 aliphatic rings. The molecule has 7 heteroatoms. The van der Waals surface area contributed by atoms with E-state index in [2.05, 4.69) is 47.3 Å². The third-order valence-electron chi connectivity index (χ3n) is 4.79. The molecule has 0 aliphatic carbocycles. The lowest BCUT2D eigenvalue weighted by Gasteiger charge is -2.27. The van der Waals surface area contributed by atoms with Gasteiger partial charge in [0.2, 0.25) is 0 Å². The van der Waals surface area contributed by atoms with Crippen LogP contribution in [-0.4, -0.2) is 41.9 Å². The van der Waals surface area contributed by atoms with Gasteiger partial charge in [0.15, 0.2) is 0 Å². The van der Waals surface area contributed by atoms with E-state index in [0.29, 0.717) is 17.8 Å². The molecule has 5 nitrogen and oxygen atoms in total. The van der Waals surface area contributed by atoms with Gasteiger partial charge in [-0.2, -0.15) is 0 Å². The number of ether oxygens (including phenoxy) is 2. The molecule has 0 spiro atoms. The van der Waals surface area contributed by atoms with Gasteiger partial charge in [0.25, 0.3) is 0 Å². The Hall–Kier alpha value is -0.953. The summed E-state index contributed by atoms with van der Waals surface area (Å²) in [5, 5.41) is 1.50. The molecule has 1 aliphatic heterocycles. The standard InChI is InChI=1S/C18H28ClN3O2Si/c1-13-9-14(5-6-24-13)15-10-22(12-23-7-8-25(2,3)4)18-16(15)17(19)20-11-21-18/h10-11,13-14H,5-9,12H2,1-4H3. The first kappa shape index (κ1) is 18.8. The summed E-state index contributed by atoms with van der Waals surface area (Å²) in [5.74, 6) is 0.429. The Morgan fingerprint density at radius 3 is 2.88 bits per heavy atom. The second-order valence-corrected chi connectivity index (χ2v) is 14.1. The first-order chi connectivity index (χ1) is 11.8. The van der Waals surface area contributed by atoms with E-state index in [9.17, 15) is 0 Å². The lowest BCUT2D eigenvalue weighted by atomic mass is 9.89. The molecule has 0 bridgehead atoms. The zero-order valence-corrected chi connectivity index (χ0v) is 17.3. The Morgan fingerprint density at radius 2 is 2.16 bits per heavy atom. The lowest BCUT2D eigenvalue weighted by molar-refractivity contribution is 0.0187. The molecule has 3 heterocycles. The van der Waals surface area contributed by atoms with E-state index in [1.165, 1.54) is 11.9 Å². The average molecular weight is 382 g/mol. The predicted octanol–water partition coefficient (Wildman–Crippen LogP) is 4.68. The Kier molecular flexibility index (Phi) is 5.83. The largest absolute Gasteiger partial charge is 0.378 e. The molecule has 0 amide bonds. The molecular weight excluding hydrogens is 354 g/mol. The molecule has 1 saturated heterocycles. The highest BCUT2D eigenvalue weighted by molar-refractivity contribution is 6.76. The SMILES string of the molecule is CC1CC(c2cn(COCC[Si](C)(C)C)c3ncnc(Cl)c23)CCO1. The molecule has 2 aromatic heterocycles. The Labute approximate surface area is 155 Å². The molecule has 0 aromatic carbocycles. The van der Waals surface area contributed by atoms with Crippen LogP contribution < -0.4 is 0 Å². The van der Waals surface area contributed by atoms with Crippen molar-refractivity contribution in [1.82, 2.24) is 14.5 Å². The fraction of sp³-hybridized carbons (Fsp3) is 0.667. The highest BCUT2D eigenvalue weighted by atomic mass is 35.5. The fourth-order valence-corrected chi connectivity index (χ4v) is 4.34. The van der Waals surface area contributed by atoms with Crippen LogP contribution in [0.1, 0.15) is 31.2 Å². The van der Waals surface area contributed by atoms with E-state index < -0.39 is 8.07 Å². The van der Waals surface area contributed by atoms with Gasteiger partial charge in [0.1, 0.15) is 23.9 Å². The maximum Gasteiger partial charge on any atom is 0.147 e. The number of fused-ring (bicyclic) bond motifs is 1. The summed E-state index contributed by atoms with van der Waals surface area (Å²) in [6, 6.07) is 1.16. The smallest absolute Gasteiger partial charge is 0.147 e. The van der Waals surface area contributed by atoms with Gasteiger partial charge in [0, 0.05) is 27.5 Å². The first-order valence-electron chi connectivity index (χ1n) is 9.04. The summed E-state index contributed by atoms with van der Waals surface area (Å²) < 4.78 is 13.7. The van der Waals surface area contributed by atoms with Crippen LogP contribution in [0.25, 0.3) is 11.0 Å². The summed E-state index contributed by atoms with van der Waals surface area (Å²) in [6.07, 6.45) is 5.96. The van der Waals surface area contributed by atoms with Crippen LogP contribution >= 0.6 is 11.6 Å². The summed E-state index contributed by atoms with van der Waals surface area (Å²) in [6.45, 7) is 11.3. The molecular formula is C18H28ClN3O2Si. The topological polar surface area (TPSA) is 49.2 Å². The van der Waals surface area contributed by atoms with Crippen molar-refractivity contribution in [1.29, 1.82) is 0 Å². The van der Waals surface area contributed by atoms with Crippen molar-refractivity contribution < 1.29 is 9.47 Å². The monoisotopic (exact) mass is 381 g/mol.